The molecule has 0 saturated heterocycles. The molecule has 3 rings (SSSR count). The molecule has 1 aromatic carbocycles. The van der Waals surface area contributed by atoms with E-state index in [4.69, 9.17) is 4.74 Å². The number of rotatable bonds is 5. The molecule has 0 amide bonds. The number of aryl methyl sites for hydroxylation is 1. The fourth-order valence-electron chi connectivity index (χ4n) is 2.94. The molecule has 0 aliphatic heterocycles. The van der Waals surface area contributed by atoms with E-state index < -0.39 is 17.8 Å². The van der Waals surface area contributed by atoms with Gasteiger partial charge in [-0.2, -0.15) is 18.3 Å². The highest BCUT2D eigenvalue weighted by Crippen LogP contribution is 2.31. The molecule has 1 unspecified atom stereocenters. The van der Waals surface area contributed by atoms with Crippen LogP contribution in [0.4, 0.5) is 13.2 Å². The third-order valence-corrected chi connectivity index (χ3v) is 4.42. The number of alkyl halides is 3. The van der Waals surface area contributed by atoms with Crippen molar-refractivity contribution in [3.05, 3.63) is 57.3 Å². The van der Waals surface area contributed by atoms with Gasteiger partial charge in [-0.05, 0) is 31.5 Å². The number of halogens is 3. The summed E-state index contributed by atoms with van der Waals surface area (Å²) >= 11 is 0. The van der Waals surface area contributed by atoms with Gasteiger partial charge in [-0.3, -0.25) is 4.79 Å². The zero-order valence-electron chi connectivity index (χ0n) is 15.1. The molecule has 144 valence electrons. The molecule has 0 spiro atoms. The first-order valence-corrected chi connectivity index (χ1v) is 8.36. The Morgan fingerprint density at radius 1 is 1.26 bits per heavy atom. The molecule has 6 nitrogen and oxygen atoms in total. The summed E-state index contributed by atoms with van der Waals surface area (Å²) in [6, 6.07) is 4.50. The molecule has 0 radical (unpaired) electrons. The first kappa shape index (κ1) is 19.1. The number of nitrogens with zero attached hydrogens (tertiary/aromatic N) is 3. The van der Waals surface area contributed by atoms with Crippen molar-refractivity contribution in [2.75, 3.05) is 13.7 Å². The Hall–Kier alpha value is -2.68. The highest BCUT2D eigenvalue weighted by atomic mass is 19.4. The normalized spacial score (nSPS) is 13.3. The molecule has 27 heavy (non-hydrogen) atoms. The molecular weight excluding hydrogens is 361 g/mol. The van der Waals surface area contributed by atoms with Crippen molar-refractivity contribution in [1.82, 2.24) is 19.7 Å². The summed E-state index contributed by atoms with van der Waals surface area (Å²) in [5.74, 6) is 0.468. The summed E-state index contributed by atoms with van der Waals surface area (Å²) in [6.45, 7) is 3.90. The molecule has 3 aromatic rings. The van der Waals surface area contributed by atoms with E-state index >= 15 is 0 Å². The standard InChI is InChI=1S/C18H19F3N4O2/c1-10-15-16(22-14(8-9-27-3)23-17(15)26)25(24-10)11(2)12-4-6-13(7-5-12)18(19,20)21/h4-7,11H,8-9H2,1-3H3,(H,22,23,26). The molecule has 9 heteroatoms. The number of hydrogen-bond acceptors (Lipinski definition) is 4. The van der Waals surface area contributed by atoms with Crippen molar-refractivity contribution in [2.45, 2.75) is 32.5 Å². The van der Waals surface area contributed by atoms with Crippen molar-refractivity contribution < 1.29 is 17.9 Å². The van der Waals surface area contributed by atoms with E-state index in [1.807, 2.05) is 0 Å². The van der Waals surface area contributed by atoms with Crippen LogP contribution in [0, 0.1) is 6.92 Å². The molecule has 0 fully saturated rings. The second-order valence-electron chi connectivity index (χ2n) is 6.28. The number of aromatic amines is 1. The van der Waals surface area contributed by atoms with Gasteiger partial charge in [-0.25, -0.2) is 9.67 Å². The first-order valence-electron chi connectivity index (χ1n) is 8.36. The maximum Gasteiger partial charge on any atom is 0.416 e. The fraction of sp³-hybridized carbons (Fsp3) is 0.389. The van der Waals surface area contributed by atoms with Gasteiger partial charge in [-0.1, -0.05) is 12.1 Å². The minimum absolute atomic E-state index is 0.297. The Morgan fingerprint density at radius 2 is 1.93 bits per heavy atom. The van der Waals surface area contributed by atoms with Crippen molar-refractivity contribution in [3.8, 4) is 0 Å². The third kappa shape index (κ3) is 3.73. The van der Waals surface area contributed by atoms with Crippen LogP contribution < -0.4 is 5.56 Å². The van der Waals surface area contributed by atoms with Crippen molar-refractivity contribution >= 4 is 11.0 Å². The number of ether oxygens (including phenoxy) is 1. The van der Waals surface area contributed by atoms with E-state index in [1.54, 1.807) is 25.6 Å². The van der Waals surface area contributed by atoms with E-state index in [9.17, 15) is 18.0 Å². The molecular formula is C18H19F3N4O2. The second-order valence-corrected chi connectivity index (χ2v) is 6.28. The van der Waals surface area contributed by atoms with Crippen LogP contribution >= 0.6 is 0 Å². The average molecular weight is 380 g/mol. The number of benzene rings is 1. The monoisotopic (exact) mass is 380 g/mol. The zero-order chi connectivity index (χ0) is 19.8. The smallest absolute Gasteiger partial charge is 0.384 e. The van der Waals surface area contributed by atoms with Crippen LogP contribution in [0.5, 0.6) is 0 Å². The van der Waals surface area contributed by atoms with Gasteiger partial charge < -0.3 is 9.72 Å². The minimum Gasteiger partial charge on any atom is -0.384 e. The van der Waals surface area contributed by atoms with Crippen molar-refractivity contribution in [1.29, 1.82) is 0 Å². The van der Waals surface area contributed by atoms with Crippen LogP contribution in [-0.4, -0.2) is 33.5 Å². The minimum atomic E-state index is -4.39. The van der Waals surface area contributed by atoms with Crippen molar-refractivity contribution in [2.24, 2.45) is 0 Å². The molecule has 1 N–H and O–H groups in total. The maximum absolute atomic E-state index is 12.8. The predicted octanol–water partition coefficient (Wildman–Crippen LogP) is 3.25. The summed E-state index contributed by atoms with van der Waals surface area (Å²) in [6.07, 6.45) is -3.96. The van der Waals surface area contributed by atoms with Gasteiger partial charge >= 0.3 is 6.18 Å². The molecule has 0 bridgehead atoms. The van der Waals surface area contributed by atoms with Crippen LogP contribution in [0.1, 0.15) is 35.6 Å². The summed E-state index contributed by atoms with van der Waals surface area (Å²) < 4.78 is 44.9. The van der Waals surface area contributed by atoms with Crippen LogP contribution in [-0.2, 0) is 17.3 Å². The van der Waals surface area contributed by atoms with E-state index in [2.05, 4.69) is 15.1 Å². The van der Waals surface area contributed by atoms with Crippen LogP contribution in [0.2, 0.25) is 0 Å². The Balaban J connectivity index is 2.05. The quantitative estimate of drug-likeness (QED) is 0.738. The average Bonchev–Trinajstić information content (AvgIpc) is 2.95. The van der Waals surface area contributed by atoms with Gasteiger partial charge in [0.15, 0.2) is 5.65 Å². The molecule has 2 heterocycles. The van der Waals surface area contributed by atoms with E-state index in [0.717, 1.165) is 12.1 Å². The Morgan fingerprint density at radius 3 is 2.52 bits per heavy atom. The number of aromatic nitrogens is 4. The Bertz CT molecular complexity index is 1010. The lowest BCUT2D eigenvalue weighted by Gasteiger charge is -2.15. The molecule has 1 atom stereocenters. The predicted molar refractivity (Wildman–Crippen MR) is 93.7 cm³/mol. The second kappa shape index (κ2) is 7.15. The highest BCUT2D eigenvalue weighted by Gasteiger charge is 2.30. The number of nitrogens with one attached hydrogen (secondary N) is 1. The zero-order valence-corrected chi connectivity index (χ0v) is 15.1. The number of methoxy groups -OCH3 is 1. The van der Waals surface area contributed by atoms with Gasteiger partial charge in [0.05, 0.1) is 23.9 Å². The SMILES string of the molecule is COCCc1nc2c(c(C)nn2C(C)c2ccc(C(F)(F)F)cc2)c(=O)[nH]1. The topological polar surface area (TPSA) is 72.8 Å². The lowest BCUT2D eigenvalue weighted by atomic mass is 10.1. The largest absolute Gasteiger partial charge is 0.416 e. The Kier molecular flexibility index (Phi) is 5.05. The highest BCUT2D eigenvalue weighted by molar-refractivity contribution is 5.77. The Labute approximate surface area is 153 Å². The van der Waals surface area contributed by atoms with Crippen LogP contribution in [0.25, 0.3) is 11.0 Å². The summed E-state index contributed by atoms with van der Waals surface area (Å²) in [4.78, 5) is 19.6. The summed E-state index contributed by atoms with van der Waals surface area (Å²) in [7, 11) is 1.55. The summed E-state index contributed by atoms with van der Waals surface area (Å²) in [5, 5.41) is 4.77. The van der Waals surface area contributed by atoms with Gasteiger partial charge in [0.25, 0.3) is 5.56 Å². The van der Waals surface area contributed by atoms with Crippen LogP contribution in [0.3, 0.4) is 0 Å². The fourth-order valence-corrected chi connectivity index (χ4v) is 2.94. The van der Waals surface area contributed by atoms with Crippen LogP contribution in [0.15, 0.2) is 29.1 Å². The van der Waals surface area contributed by atoms with Gasteiger partial charge in [0.2, 0.25) is 0 Å². The molecule has 0 aliphatic carbocycles. The van der Waals surface area contributed by atoms with E-state index in [0.29, 0.717) is 41.1 Å². The molecule has 2 aromatic heterocycles. The first-order chi connectivity index (χ1) is 12.7. The molecule has 0 saturated carbocycles. The lowest BCUT2D eigenvalue weighted by Crippen LogP contribution is -2.16. The number of H-pyrrole nitrogens is 1. The van der Waals surface area contributed by atoms with Gasteiger partial charge in [-0.15, -0.1) is 0 Å². The van der Waals surface area contributed by atoms with Gasteiger partial charge in [0, 0.05) is 13.5 Å². The maximum atomic E-state index is 12.8. The third-order valence-electron chi connectivity index (χ3n) is 4.42. The van der Waals surface area contributed by atoms with E-state index in [-0.39, 0.29) is 5.56 Å². The van der Waals surface area contributed by atoms with Crippen molar-refractivity contribution in [3.63, 3.8) is 0 Å². The molecule has 0 aliphatic rings. The number of hydrogen-bond donors (Lipinski definition) is 1. The van der Waals surface area contributed by atoms with Gasteiger partial charge in [0.1, 0.15) is 11.2 Å². The lowest BCUT2D eigenvalue weighted by molar-refractivity contribution is -0.137. The summed E-state index contributed by atoms with van der Waals surface area (Å²) in [5.41, 5.74) is 0.532. The number of fused-ring (bicyclic) bond motifs is 1. The van der Waals surface area contributed by atoms with E-state index in [1.165, 1.54) is 12.1 Å².